The fraction of sp³-hybridized carbons (Fsp3) is 0.222. The van der Waals surface area contributed by atoms with E-state index in [9.17, 15) is 18.0 Å². The molecule has 0 amide bonds. The van der Waals surface area contributed by atoms with E-state index >= 15 is 0 Å². The number of benzene rings is 1. The lowest BCUT2D eigenvalue weighted by molar-refractivity contribution is -0.0327. The van der Waals surface area contributed by atoms with Crippen molar-refractivity contribution < 1.29 is 18.0 Å². The molecular weight excluding hydrogens is 340 g/mol. The number of Topliss-reactive ketones (excluding diaryl/α,β-unsaturated/α-hetero) is 1. The smallest absolute Gasteiger partial charge is 0.293 e. The van der Waals surface area contributed by atoms with Crippen LogP contribution in [0.5, 0.6) is 0 Å². The highest BCUT2D eigenvalue weighted by atomic mass is 127. The molecule has 0 aliphatic rings. The van der Waals surface area contributed by atoms with E-state index in [0.717, 1.165) is 3.57 Å². The Morgan fingerprint density at radius 1 is 1.27 bits per heavy atom. The predicted octanol–water partition coefficient (Wildman–Crippen LogP) is 3.73. The van der Waals surface area contributed by atoms with Crippen LogP contribution in [0.4, 0.5) is 13.2 Å². The molecule has 0 aromatic heterocycles. The second-order valence-corrected chi connectivity index (χ2v) is 4.95. The number of carbonyl (C=O) groups is 1. The maximum Gasteiger partial charge on any atom is 0.442 e. The van der Waals surface area contributed by atoms with Crippen molar-refractivity contribution in [2.75, 3.05) is 5.75 Å². The van der Waals surface area contributed by atoms with Crippen LogP contribution in [0, 0.1) is 3.57 Å². The van der Waals surface area contributed by atoms with Gasteiger partial charge in [0, 0.05) is 9.13 Å². The third-order valence-electron chi connectivity index (χ3n) is 1.53. The van der Waals surface area contributed by atoms with Gasteiger partial charge < -0.3 is 0 Å². The zero-order chi connectivity index (χ0) is 11.5. The van der Waals surface area contributed by atoms with Crippen molar-refractivity contribution in [2.24, 2.45) is 0 Å². The molecular formula is C9H6F3IOS. The van der Waals surface area contributed by atoms with Crippen LogP contribution in [0.1, 0.15) is 10.4 Å². The van der Waals surface area contributed by atoms with Gasteiger partial charge in [0.25, 0.3) is 0 Å². The zero-order valence-electron chi connectivity index (χ0n) is 7.34. The molecule has 82 valence electrons. The molecule has 0 radical (unpaired) electrons. The molecule has 1 aromatic rings. The summed E-state index contributed by atoms with van der Waals surface area (Å²) in [5, 5.41) is 0. The van der Waals surface area contributed by atoms with Crippen LogP contribution in [-0.2, 0) is 0 Å². The number of thioether (sulfide) groups is 1. The van der Waals surface area contributed by atoms with Gasteiger partial charge in [-0.05, 0) is 46.5 Å². The van der Waals surface area contributed by atoms with Crippen molar-refractivity contribution in [1.82, 2.24) is 0 Å². The lowest BCUT2D eigenvalue weighted by Crippen LogP contribution is -2.09. The molecule has 0 N–H and O–H groups in total. The first kappa shape index (κ1) is 12.8. The molecule has 0 aliphatic carbocycles. The summed E-state index contributed by atoms with van der Waals surface area (Å²) < 4.78 is 36.4. The number of hydrogen-bond donors (Lipinski definition) is 0. The number of carbonyl (C=O) groups excluding carboxylic acids is 1. The summed E-state index contributed by atoms with van der Waals surface area (Å²) in [5.41, 5.74) is -4.04. The molecule has 0 fully saturated rings. The maximum absolute atomic E-state index is 11.8. The van der Waals surface area contributed by atoms with Gasteiger partial charge in [0.1, 0.15) is 0 Å². The van der Waals surface area contributed by atoms with Gasteiger partial charge in [-0.15, -0.1) is 0 Å². The molecule has 1 aromatic carbocycles. The monoisotopic (exact) mass is 346 g/mol. The summed E-state index contributed by atoms with van der Waals surface area (Å²) in [4.78, 5) is 11.3. The van der Waals surface area contributed by atoms with E-state index in [2.05, 4.69) is 22.6 Å². The van der Waals surface area contributed by atoms with E-state index in [1.54, 1.807) is 12.1 Å². The molecule has 0 bridgehead atoms. The van der Waals surface area contributed by atoms with Crippen molar-refractivity contribution in [2.45, 2.75) is 5.51 Å². The van der Waals surface area contributed by atoms with Crippen LogP contribution in [-0.4, -0.2) is 17.0 Å². The highest BCUT2D eigenvalue weighted by Crippen LogP contribution is 2.30. The van der Waals surface area contributed by atoms with E-state index in [1.807, 2.05) is 0 Å². The Morgan fingerprint density at radius 3 is 2.27 bits per heavy atom. The summed E-state index contributed by atoms with van der Waals surface area (Å²) >= 11 is 1.75. The average Bonchev–Trinajstić information content (AvgIpc) is 2.14. The minimum Gasteiger partial charge on any atom is -0.293 e. The first-order valence-electron chi connectivity index (χ1n) is 3.88. The predicted molar refractivity (Wildman–Crippen MR) is 62.0 cm³/mol. The van der Waals surface area contributed by atoms with Gasteiger partial charge in [0.2, 0.25) is 0 Å². The van der Waals surface area contributed by atoms with Crippen molar-refractivity contribution in [3.8, 4) is 0 Å². The summed E-state index contributed by atoms with van der Waals surface area (Å²) in [6.07, 6.45) is 0. The van der Waals surface area contributed by atoms with Gasteiger partial charge in [-0.1, -0.05) is 12.1 Å². The Bertz CT molecular complexity index is 347. The molecule has 0 saturated carbocycles. The molecule has 0 spiro atoms. The molecule has 0 saturated heterocycles. The lowest BCUT2D eigenvalue weighted by Gasteiger charge is -2.04. The van der Waals surface area contributed by atoms with Crippen LogP contribution in [0.3, 0.4) is 0 Å². The molecule has 1 nitrogen and oxygen atoms in total. The molecule has 15 heavy (non-hydrogen) atoms. The number of ketones is 1. The van der Waals surface area contributed by atoms with Crippen molar-refractivity contribution in [3.05, 3.63) is 33.4 Å². The molecule has 0 heterocycles. The SMILES string of the molecule is O=C(CSC(F)(F)F)c1ccc(I)cc1. The van der Waals surface area contributed by atoms with Gasteiger partial charge in [0.15, 0.2) is 5.78 Å². The first-order chi connectivity index (χ1) is 6.88. The third kappa shape index (κ3) is 4.87. The highest BCUT2D eigenvalue weighted by molar-refractivity contribution is 14.1. The normalized spacial score (nSPS) is 11.5. The second kappa shape index (κ2) is 5.20. The molecule has 0 aliphatic heterocycles. The topological polar surface area (TPSA) is 17.1 Å². The van der Waals surface area contributed by atoms with Gasteiger partial charge in [0.05, 0.1) is 5.75 Å². The third-order valence-corrected chi connectivity index (χ3v) is 2.99. The summed E-state index contributed by atoms with van der Waals surface area (Å²) in [7, 11) is 0. The van der Waals surface area contributed by atoms with Gasteiger partial charge in [-0.25, -0.2) is 0 Å². The Balaban J connectivity index is 2.58. The number of alkyl halides is 3. The summed E-state index contributed by atoms with van der Waals surface area (Å²) in [5.74, 6) is -1.07. The van der Waals surface area contributed by atoms with Gasteiger partial charge in [-0.2, -0.15) is 13.2 Å². The molecule has 6 heteroatoms. The fourth-order valence-corrected chi connectivity index (χ4v) is 1.69. The summed E-state index contributed by atoms with van der Waals surface area (Å²) in [6.45, 7) is 0. The number of halogens is 4. The Hall–Kier alpha value is -0.240. The lowest BCUT2D eigenvalue weighted by atomic mass is 10.2. The van der Waals surface area contributed by atoms with Gasteiger partial charge >= 0.3 is 5.51 Å². The minimum atomic E-state index is -4.35. The average molecular weight is 346 g/mol. The van der Waals surface area contributed by atoms with Crippen LogP contribution >= 0.6 is 34.4 Å². The zero-order valence-corrected chi connectivity index (χ0v) is 10.3. The first-order valence-corrected chi connectivity index (χ1v) is 5.94. The van der Waals surface area contributed by atoms with Crippen molar-refractivity contribution >= 4 is 40.1 Å². The van der Waals surface area contributed by atoms with Crippen molar-refractivity contribution in [1.29, 1.82) is 0 Å². The van der Waals surface area contributed by atoms with Crippen LogP contribution < -0.4 is 0 Å². The quantitative estimate of drug-likeness (QED) is 0.613. The van der Waals surface area contributed by atoms with E-state index < -0.39 is 17.0 Å². The van der Waals surface area contributed by atoms with E-state index in [1.165, 1.54) is 12.1 Å². The van der Waals surface area contributed by atoms with Crippen LogP contribution in [0.2, 0.25) is 0 Å². The van der Waals surface area contributed by atoms with E-state index in [4.69, 9.17) is 0 Å². The molecule has 0 unspecified atom stereocenters. The van der Waals surface area contributed by atoms with Crippen LogP contribution in [0.25, 0.3) is 0 Å². The van der Waals surface area contributed by atoms with Crippen molar-refractivity contribution in [3.63, 3.8) is 0 Å². The Labute approximate surface area is 103 Å². The van der Waals surface area contributed by atoms with E-state index in [0.29, 0.717) is 5.56 Å². The highest BCUT2D eigenvalue weighted by Gasteiger charge is 2.29. The number of hydrogen-bond acceptors (Lipinski definition) is 2. The van der Waals surface area contributed by atoms with Gasteiger partial charge in [-0.3, -0.25) is 4.79 Å². The largest absolute Gasteiger partial charge is 0.442 e. The Kier molecular flexibility index (Phi) is 4.45. The standard InChI is InChI=1S/C9H6F3IOS/c10-9(11,12)15-5-8(14)6-1-3-7(13)4-2-6/h1-4H,5H2. The van der Waals surface area contributed by atoms with E-state index in [-0.39, 0.29) is 11.8 Å². The summed E-state index contributed by atoms with van der Waals surface area (Å²) in [6, 6.07) is 6.43. The second-order valence-electron chi connectivity index (χ2n) is 2.66. The molecule has 0 atom stereocenters. The van der Waals surface area contributed by atoms with Crippen LogP contribution in [0.15, 0.2) is 24.3 Å². The number of rotatable bonds is 3. The minimum absolute atomic E-state index is 0.311. The molecule has 1 rings (SSSR count). The Morgan fingerprint density at radius 2 is 1.80 bits per heavy atom. The maximum atomic E-state index is 11.8. The fourth-order valence-electron chi connectivity index (χ4n) is 0.866.